The summed E-state index contributed by atoms with van der Waals surface area (Å²) >= 11 is 0. The summed E-state index contributed by atoms with van der Waals surface area (Å²) < 4.78 is 4.93. The second kappa shape index (κ2) is 4.10. The number of allylic oxidation sites excluding steroid dienone is 1. The van der Waals surface area contributed by atoms with Gasteiger partial charge in [0.2, 0.25) is 0 Å². The molecule has 0 N–H and O–H groups in total. The van der Waals surface area contributed by atoms with Gasteiger partial charge in [-0.15, -0.1) is 0 Å². The zero-order valence-corrected chi connectivity index (χ0v) is 7.21. The Balaban J connectivity index is 2.32. The first-order valence-electron chi connectivity index (χ1n) is 4.18. The molecule has 1 unspecified atom stereocenters. The highest BCUT2D eigenvalue weighted by Gasteiger charge is 2.25. The highest BCUT2D eigenvalue weighted by atomic mass is 16.5. The van der Waals surface area contributed by atoms with Crippen LogP contribution in [0.1, 0.15) is 19.3 Å². The van der Waals surface area contributed by atoms with Crippen LogP contribution in [0.4, 0.5) is 0 Å². The number of ether oxygens (including phenoxy) is 1. The normalized spacial score (nSPS) is 22.3. The number of rotatable bonds is 3. The molecule has 0 bridgehead atoms. The fourth-order valence-electron chi connectivity index (χ4n) is 1.39. The summed E-state index contributed by atoms with van der Waals surface area (Å²) in [6.45, 7) is 7.64. The summed E-state index contributed by atoms with van der Waals surface area (Å²) in [7, 11) is 0. The average molecular weight is 166 g/mol. The lowest BCUT2D eigenvalue weighted by atomic mass is 10.1. The highest BCUT2D eigenvalue weighted by Crippen LogP contribution is 2.29. The molecule has 1 rings (SSSR count). The Labute approximate surface area is 72.9 Å². The molecular weight excluding hydrogens is 152 g/mol. The van der Waals surface area contributed by atoms with Gasteiger partial charge in [-0.3, -0.25) is 4.79 Å². The van der Waals surface area contributed by atoms with Crippen molar-refractivity contribution in [3.8, 4) is 0 Å². The number of hydrogen-bond donors (Lipinski definition) is 0. The summed E-state index contributed by atoms with van der Waals surface area (Å²) in [5, 5.41) is 0. The monoisotopic (exact) mass is 166 g/mol. The zero-order valence-electron chi connectivity index (χ0n) is 7.21. The van der Waals surface area contributed by atoms with Crippen LogP contribution in [0, 0.1) is 5.92 Å². The minimum Gasteiger partial charge on any atom is -0.461 e. The lowest BCUT2D eigenvalue weighted by molar-refractivity contribution is -0.146. The molecule has 0 heterocycles. The first-order chi connectivity index (χ1) is 5.74. The van der Waals surface area contributed by atoms with E-state index in [0.29, 0.717) is 6.61 Å². The third-order valence-electron chi connectivity index (χ3n) is 2.06. The zero-order chi connectivity index (χ0) is 8.97. The first-order valence-corrected chi connectivity index (χ1v) is 4.18. The maximum Gasteiger partial charge on any atom is 0.309 e. The highest BCUT2D eigenvalue weighted by molar-refractivity contribution is 5.73. The Hall–Kier alpha value is -1.05. The molecule has 0 radical (unpaired) electrons. The van der Waals surface area contributed by atoms with E-state index in [1.807, 2.05) is 0 Å². The van der Waals surface area contributed by atoms with Crippen molar-refractivity contribution in [2.45, 2.75) is 19.3 Å². The summed E-state index contributed by atoms with van der Waals surface area (Å²) in [6, 6.07) is 0. The van der Waals surface area contributed by atoms with Gasteiger partial charge < -0.3 is 4.74 Å². The van der Waals surface area contributed by atoms with Gasteiger partial charge in [-0.2, -0.15) is 0 Å². The van der Waals surface area contributed by atoms with E-state index in [-0.39, 0.29) is 11.9 Å². The number of carbonyl (C=O) groups is 1. The molecule has 1 atom stereocenters. The number of carbonyl (C=O) groups excluding carboxylic acids is 1. The average Bonchev–Trinajstić information content (AvgIpc) is 2.47. The SMILES string of the molecule is C=CCOC(=O)C1CCC(=C)C1. The van der Waals surface area contributed by atoms with Crippen LogP contribution >= 0.6 is 0 Å². The van der Waals surface area contributed by atoms with Gasteiger partial charge in [0.15, 0.2) is 0 Å². The minimum absolute atomic E-state index is 0.0532. The maximum atomic E-state index is 11.2. The molecule has 0 aromatic heterocycles. The van der Waals surface area contributed by atoms with Gasteiger partial charge in [0.1, 0.15) is 6.61 Å². The Morgan fingerprint density at radius 1 is 1.75 bits per heavy atom. The molecule has 0 spiro atoms. The van der Waals surface area contributed by atoms with Crippen LogP contribution in [0.5, 0.6) is 0 Å². The summed E-state index contributed by atoms with van der Waals surface area (Å²) in [6.07, 6.45) is 4.25. The smallest absolute Gasteiger partial charge is 0.309 e. The molecule has 1 aliphatic carbocycles. The third kappa shape index (κ3) is 2.22. The Morgan fingerprint density at radius 2 is 2.50 bits per heavy atom. The van der Waals surface area contributed by atoms with E-state index in [1.165, 1.54) is 0 Å². The molecule has 2 nitrogen and oxygen atoms in total. The van der Waals surface area contributed by atoms with Crippen molar-refractivity contribution < 1.29 is 9.53 Å². The molecule has 0 aromatic rings. The fourth-order valence-corrected chi connectivity index (χ4v) is 1.39. The molecule has 0 amide bonds. The molecule has 12 heavy (non-hydrogen) atoms. The van der Waals surface area contributed by atoms with Crippen molar-refractivity contribution in [3.63, 3.8) is 0 Å². The third-order valence-corrected chi connectivity index (χ3v) is 2.06. The van der Waals surface area contributed by atoms with E-state index >= 15 is 0 Å². The Bertz CT molecular complexity index is 206. The van der Waals surface area contributed by atoms with E-state index in [2.05, 4.69) is 13.2 Å². The van der Waals surface area contributed by atoms with Gasteiger partial charge in [0.25, 0.3) is 0 Å². The molecule has 1 fully saturated rings. The van der Waals surface area contributed by atoms with Crippen molar-refractivity contribution in [1.82, 2.24) is 0 Å². The second-order valence-electron chi connectivity index (χ2n) is 3.11. The van der Waals surface area contributed by atoms with E-state index in [1.54, 1.807) is 6.08 Å². The quantitative estimate of drug-likeness (QED) is 0.474. The lowest BCUT2D eigenvalue weighted by Gasteiger charge is -2.06. The van der Waals surface area contributed by atoms with Crippen LogP contribution in [-0.4, -0.2) is 12.6 Å². The first kappa shape index (κ1) is 9.04. The van der Waals surface area contributed by atoms with Gasteiger partial charge in [0, 0.05) is 0 Å². The summed E-state index contributed by atoms with van der Waals surface area (Å²) in [4.78, 5) is 11.2. The standard InChI is InChI=1S/C10H14O2/c1-3-6-12-10(11)9-5-4-8(2)7-9/h3,9H,1-2,4-7H2. The van der Waals surface area contributed by atoms with E-state index in [4.69, 9.17) is 4.74 Å². The van der Waals surface area contributed by atoms with Crippen molar-refractivity contribution in [2.75, 3.05) is 6.61 Å². The molecule has 2 heteroatoms. The lowest BCUT2D eigenvalue weighted by Crippen LogP contribution is -2.14. The molecule has 1 aliphatic rings. The molecule has 1 saturated carbocycles. The largest absolute Gasteiger partial charge is 0.461 e. The minimum atomic E-state index is -0.103. The van der Waals surface area contributed by atoms with Crippen LogP contribution < -0.4 is 0 Å². The van der Waals surface area contributed by atoms with Crippen molar-refractivity contribution in [3.05, 3.63) is 24.8 Å². The van der Waals surface area contributed by atoms with Crippen LogP contribution in [0.3, 0.4) is 0 Å². The second-order valence-corrected chi connectivity index (χ2v) is 3.11. The van der Waals surface area contributed by atoms with Gasteiger partial charge in [-0.05, 0) is 19.3 Å². The molecule has 0 aliphatic heterocycles. The molecular formula is C10H14O2. The van der Waals surface area contributed by atoms with Crippen LogP contribution in [0.2, 0.25) is 0 Å². The summed E-state index contributed by atoms with van der Waals surface area (Å²) in [5.41, 5.74) is 1.16. The van der Waals surface area contributed by atoms with E-state index in [9.17, 15) is 4.79 Å². The van der Waals surface area contributed by atoms with Gasteiger partial charge in [-0.1, -0.05) is 24.8 Å². The summed E-state index contributed by atoms with van der Waals surface area (Å²) in [5.74, 6) is -0.0500. The predicted octanol–water partition coefficient (Wildman–Crippen LogP) is 2.07. The van der Waals surface area contributed by atoms with Gasteiger partial charge in [-0.25, -0.2) is 0 Å². The van der Waals surface area contributed by atoms with E-state index < -0.39 is 0 Å². The number of esters is 1. The fraction of sp³-hybridized carbons (Fsp3) is 0.500. The molecule has 66 valence electrons. The Morgan fingerprint density at radius 3 is 3.00 bits per heavy atom. The Kier molecular flexibility index (Phi) is 3.09. The van der Waals surface area contributed by atoms with Gasteiger partial charge in [0.05, 0.1) is 5.92 Å². The van der Waals surface area contributed by atoms with Gasteiger partial charge >= 0.3 is 5.97 Å². The van der Waals surface area contributed by atoms with Crippen LogP contribution in [-0.2, 0) is 9.53 Å². The van der Waals surface area contributed by atoms with Crippen molar-refractivity contribution >= 4 is 5.97 Å². The predicted molar refractivity (Wildman–Crippen MR) is 47.6 cm³/mol. The molecule has 0 saturated heterocycles. The van der Waals surface area contributed by atoms with E-state index in [0.717, 1.165) is 24.8 Å². The number of hydrogen-bond acceptors (Lipinski definition) is 2. The van der Waals surface area contributed by atoms with Crippen molar-refractivity contribution in [2.24, 2.45) is 5.92 Å². The van der Waals surface area contributed by atoms with Crippen LogP contribution in [0.25, 0.3) is 0 Å². The molecule has 0 aromatic carbocycles. The topological polar surface area (TPSA) is 26.3 Å². The van der Waals surface area contributed by atoms with Crippen molar-refractivity contribution in [1.29, 1.82) is 0 Å². The maximum absolute atomic E-state index is 11.2. The van der Waals surface area contributed by atoms with Crippen LogP contribution in [0.15, 0.2) is 24.8 Å².